The molecule has 1 unspecified atom stereocenters. The molecule has 0 aromatic heterocycles. The zero-order valence-corrected chi connectivity index (χ0v) is 13.0. The van der Waals surface area contributed by atoms with E-state index in [1.807, 2.05) is 12.1 Å². The van der Waals surface area contributed by atoms with E-state index in [1.165, 1.54) is 18.2 Å². The van der Waals surface area contributed by atoms with Gasteiger partial charge in [0.05, 0.1) is 5.56 Å². The number of ether oxygens (including phenoxy) is 2. The van der Waals surface area contributed by atoms with E-state index in [9.17, 15) is 14.7 Å². The van der Waals surface area contributed by atoms with Crippen LogP contribution in [0.1, 0.15) is 27.9 Å². The van der Waals surface area contributed by atoms with Gasteiger partial charge in [-0.15, -0.1) is 0 Å². The number of carbonyl (C=O) groups excluding carboxylic acids is 2. The Hall–Kier alpha value is -3.34. The molecule has 1 aliphatic carbocycles. The molecule has 1 atom stereocenters. The lowest BCUT2D eigenvalue weighted by Crippen LogP contribution is -2.37. The minimum absolute atomic E-state index is 0.0293. The summed E-state index contributed by atoms with van der Waals surface area (Å²) in [6.45, 7) is 0. The van der Waals surface area contributed by atoms with Crippen molar-refractivity contribution >= 4 is 11.8 Å². The second-order valence-electron chi connectivity index (χ2n) is 6.20. The molecular formula is C20H12O5. The van der Waals surface area contributed by atoms with Gasteiger partial charge in [-0.05, 0) is 18.2 Å². The van der Waals surface area contributed by atoms with Crippen molar-refractivity contribution in [3.05, 3.63) is 82.6 Å². The number of ketones is 1. The fourth-order valence-electron chi connectivity index (χ4n) is 3.75. The van der Waals surface area contributed by atoms with Crippen molar-refractivity contribution in [2.75, 3.05) is 0 Å². The largest absolute Gasteiger partial charge is 0.508 e. The third-order valence-electron chi connectivity index (χ3n) is 4.78. The van der Waals surface area contributed by atoms with Crippen LogP contribution >= 0.6 is 0 Å². The Bertz CT molecular complexity index is 1030. The molecule has 1 spiro atoms. The number of benzene rings is 2. The molecule has 5 rings (SSSR count). The van der Waals surface area contributed by atoms with E-state index < -0.39 is 11.6 Å². The molecule has 3 aliphatic rings. The number of phenolic OH excluding ortho intramolecular Hbond substituents is 1. The van der Waals surface area contributed by atoms with E-state index in [4.69, 9.17) is 9.47 Å². The first kappa shape index (κ1) is 14.0. The SMILES string of the molecule is O=C1C=C2Oc3cc(O)ccc3C3(OC(=O)c4ccccc43)C2=CC1. The molecule has 0 saturated carbocycles. The van der Waals surface area contributed by atoms with Gasteiger partial charge in [0, 0.05) is 35.3 Å². The van der Waals surface area contributed by atoms with Gasteiger partial charge in [0.1, 0.15) is 17.3 Å². The molecule has 122 valence electrons. The number of hydrogen-bond acceptors (Lipinski definition) is 5. The molecule has 2 aromatic rings. The van der Waals surface area contributed by atoms with Crippen LogP contribution in [0.3, 0.4) is 0 Å². The second kappa shape index (κ2) is 4.60. The summed E-state index contributed by atoms with van der Waals surface area (Å²) in [4.78, 5) is 24.4. The minimum Gasteiger partial charge on any atom is -0.508 e. The van der Waals surface area contributed by atoms with E-state index in [1.54, 1.807) is 24.3 Å². The van der Waals surface area contributed by atoms with Crippen LogP contribution in [-0.2, 0) is 15.1 Å². The first-order valence-corrected chi connectivity index (χ1v) is 7.89. The summed E-state index contributed by atoms with van der Waals surface area (Å²) in [5.74, 6) is 0.229. The Kier molecular flexibility index (Phi) is 2.58. The Morgan fingerprint density at radius 3 is 2.76 bits per heavy atom. The van der Waals surface area contributed by atoms with Gasteiger partial charge in [-0.1, -0.05) is 24.3 Å². The first-order valence-electron chi connectivity index (χ1n) is 7.89. The Balaban J connectivity index is 1.89. The highest BCUT2D eigenvalue weighted by molar-refractivity contribution is 5.98. The normalized spacial score (nSPS) is 23.0. The molecule has 1 N–H and O–H groups in total. The van der Waals surface area contributed by atoms with Crippen LogP contribution in [0.5, 0.6) is 11.5 Å². The maximum Gasteiger partial charge on any atom is 0.340 e. The van der Waals surface area contributed by atoms with Gasteiger partial charge in [-0.2, -0.15) is 0 Å². The molecule has 0 saturated heterocycles. The lowest BCUT2D eigenvalue weighted by molar-refractivity contribution is -0.114. The summed E-state index contributed by atoms with van der Waals surface area (Å²) in [6, 6.07) is 11.9. The smallest absolute Gasteiger partial charge is 0.340 e. The van der Waals surface area contributed by atoms with Crippen molar-refractivity contribution in [1.82, 2.24) is 0 Å². The van der Waals surface area contributed by atoms with E-state index in [2.05, 4.69) is 0 Å². The number of esters is 1. The number of rotatable bonds is 0. The van der Waals surface area contributed by atoms with Gasteiger partial charge in [-0.3, -0.25) is 4.79 Å². The lowest BCUT2D eigenvalue weighted by atomic mass is 9.75. The lowest BCUT2D eigenvalue weighted by Gasteiger charge is -2.39. The van der Waals surface area contributed by atoms with E-state index in [0.29, 0.717) is 33.8 Å². The van der Waals surface area contributed by atoms with Crippen molar-refractivity contribution in [3.63, 3.8) is 0 Å². The average molecular weight is 332 g/mol. The van der Waals surface area contributed by atoms with Crippen LogP contribution < -0.4 is 4.74 Å². The summed E-state index contributed by atoms with van der Waals surface area (Å²) in [6.07, 6.45) is 3.39. The van der Waals surface area contributed by atoms with Crippen molar-refractivity contribution in [2.24, 2.45) is 0 Å². The first-order chi connectivity index (χ1) is 12.1. The highest BCUT2D eigenvalue weighted by atomic mass is 16.6. The van der Waals surface area contributed by atoms with Crippen LogP contribution in [0.25, 0.3) is 0 Å². The standard InChI is InChI=1S/C20H12O5/c21-11-5-7-15-17(9-11)24-18-10-12(22)6-8-16(18)20(15)14-4-2-1-3-13(14)19(23)25-20/h1-5,7-10,21H,6H2. The number of phenols is 1. The molecule has 25 heavy (non-hydrogen) atoms. The summed E-state index contributed by atoms with van der Waals surface area (Å²) in [5, 5.41) is 9.83. The highest BCUT2D eigenvalue weighted by Crippen LogP contribution is 2.56. The van der Waals surface area contributed by atoms with Crippen LogP contribution in [0, 0.1) is 0 Å². The number of hydrogen-bond donors (Lipinski definition) is 1. The summed E-state index contributed by atoms with van der Waals surface area (Å²) < 4.78 is 11.8. The second-order valence-corrected chi connectivity index (χ2v) is 6.20. The van der Waals surface area contributed by atoms with Gasteiger partial charge in [-0.25, -0.2) is 4.79 Å². The monoisotopic (exact) mass is 332 g/mol. The zero-order chi connectivity index (χ0) is 17.2. The van der Waals surface area contributed by atoms with E-state index >= 15 is 0 Å². The van der Waals surface area contributed by atoms with E-state index in [-0.39, 0.29) is 18.0 Å². The number of fused-ring (bicyclic) bond motifs is 6. The number of aromatic hydroxyl groups is 1. The maximum atomic E-state index is 12.5. The molecule has 2 aliphatic heterocycles. The summed E-state index contributed by atoms with van der Waals surface area (Å²) >= 11 is 0. The van der Waals surface area contributed by atoms with Crippen LogP contribution in [-0.4, -0.2) is 16.9 Å². The predicted molar refractivity (Wildman–Crippen MR) is 87.2 cm³/mol. The van der Waals surface area contributed by atoms with Gasteiger partial charge < -0.3 is 14.6 Å². The Morgan fingerprint density at radius 2 is 1.88 bits per heavy atom. The fraction of sp³-hybridized carbons (Fsp3) is 0.100. The topological polar surface area (TPSA) is 72.8 Å². The van der Waals surface area contributed by atoms with Crippen molar-refractivity contribution in [3.8, 4) is 11.5 Å². The molecule has 0 bridgehead atoms. The van der Waals surface area contributed by atoms with Crippen molar-refractivity contribution in [1.29, 1.82) is 0 Å². The van der Waals surface area contributed by atoms with Crippen molar-refractivity contribution < 1.29 is 24.2 Å². The maximum absolute atomic E-state index is 12.5. The third kappa shape index (κ3) is 1.72. The summed E-state index contributed by atoms with van der Waals surface area (Å²) in [5.41, 5.74) is 1.30. The van der Waals surface area contributed by atoms with Gasteiger partial charge >= 0.3 is 5.97 Å². The average Bonchev–Trinajstić information content (AvgIpc) is 2.88. The number of allylic oxidation sites excluding steroid dienone is 2. The summed E-state index contributed by atoms with van der Waals surface area (Å²) in [7, 11) is 0. The van der Waals surface area contributed by atoms with Gasteiger partial charge in [0.25, 0.3) is 0 Å². The number of carbonyl (C=O) groups is 2. The van der Waals surface area contributed by atoms with Crippen molar-refractivity contribution in [2.45, 2.75) is 12.0 Å². The van der Waals surface area contributed by atoms with Crippen LogP contribution in [0.2, 0.25) is 0 Å². The zero-order valence-electron chi connectivity index (χ0n) is 13.0. The van der Waals surface area contributed by atoms with Gasteiger partial charge in [0.15, 0.2) is 11.4 Å². The quantitative estimate of drug-likeness (QED) is 0.751. The molecule has 5 nitrogen and oxygen atoms in total. The highest BCUT2D eigenvalue weighted by Gasteiger charge is 2.55. The Morgan fingerprint density at radius 1 is 1.04 bits per heavy atom. The van der Waals surface area contributed by atoms with Crippen LogP contribution in [0.15, 0.2) is 65.9 Å². The van der Waals surface area contributed by atoms with Crippen LogP contribution in [0.4, 0.5) is 0 Å². The molecule has 0 fully saturated rings. The third-order valence-corrected chi connectivity index (χ3v) is 4.78. The molecule has 5 heteroatoms. The van der Waals surface area contributed by atoms with E-state index in [0.717, 1.165) is 0 Å². The van der Waals surface area contributed by atoms with Gasteiger partial charge in [0.2, 0.25) is 0 Å². The molecule has 2 aromatic carbocycles. The fourth-order valence-corrected chi connectivity index (χ4v) is 3.75. The molecule has 0 amide bonds. The molecule has 2 heterocycles. The molecular weight excluding hydrogens is 320 g/mol. The predicted octanol–water partition coefficient (Wildman–Crippen LogP) is 2.98. The molecule has 0 radical (unpaired) electrons. The minimum atomic E-state index is -1.17. The Labute approximate surface area is 142 Å².